The van der Waals surface area contributed by atoms with Crippen LogP contribution in [0.15, 0.2) is 46.1 Å². The number of nitrogens with zero attached hydrogens (tertiary/aromatic N) is 1. The molecule has 0 spiro atoms. The predicted molar refractivity (Wildman–Crippen MR) is 133 cm³/mol. The summed E-state index contributed by atoms with van der Waals surface area (Å²) in [5, 5.41) is 22.2. The number of carbonyl (C=O) groups excluding carboxylic acids is 1. The van der Waals surface area contributed by atoms with Crippen molar-refractivity contribution < 1.29 is 23.1 Å². The second kappa shape index (κ2) is 9.95. The number of carbonyl (C=O) groups is 1. The van der Waals surface area contributed by atoms with Crippen LogP contribution in [-0.2, 0) is 11.2 Å². The Balaban J connectivity index is 1.66. The predicted octanol–water partition coefficient (Wildman–Crippen LogP) is 6.55. The van der Waals surface area contributed by atoms with Crippen LogP contribution in [0.4, 0.5) is 18.9 Å². The monoisotopic (exact) mass is 569 g/mol. The molecule has 1 unspecified atom stereocenters. The Labute approximate surface area is 214 Å². The Morgan fingerprint density at radius 2 is 2.00 bits per heavy atom. The Morgan fingerprint density at radius 1 is 1.31 bits per heavy atom. The lowest BCUT2D eigenvalue weighted by Gasteiger charge is -2.43. The number of halogens is 5. The first-order valence-corrected chi connectivity index (χ1v) is 12.4. The number of aliphatic hydroxyl groups excluding tert-OH is 1. The van der Waals surface area contributed by atoms with Gasteiger partial charge in [0.05, 0.1) is 26.3 Å². The number of hydrogen-bond acceptors (Lipinski definition) is 4. The molecule has 2 aromatic rings. The number of anilines is 1. The van der Waals surface area contributed by atoms with Gasteiger partial charge in [-0.15, -0.1) is 0 Å². The van der Waals surface area contributed by atoms with Crippen LogP contribution in [0.25, 0.3) is 0 Å². The van der Waals surface area contributed by atoms with Gasteiger partial charge >= 0.3 is 0 Å². The highest BCUT2D eigenvalue weighted by molar-refractivity contribution is 9.10. The molecular weight excluding hydrogens is 547 g/mol. The van der Waals surface area contributed by atoms with Gasteiger partial charge in [-0.1, -0.05) is 23.7 Å². The van der Waals surface area contributed by atoms with E-state index in [4.69, 9.17) is 17.0 Å². The largest absolute Gasteiger partial charge is 0.511 e. The molecule has 2 aromatic carbocycles. The number of nitrogens with one attached hydrogen (secondary N) is 2. The number of fused-ring (bicyclic) bond motifs is 1. The number of benzene rings is 2. The Morgan fingerprint density at radius 3 is 2.69 bits per heavy atom. The summed E-state index contributed by atoms with van der Waals surface area (Å²) < 4.78 is 42.1. The summed E-state index contributed by atoms with van der Waals surface area (Å²) in [7, 11) is 0. The summed E-state index contributed by atoms with van der Waals surface area (Å²) in [6, 6.07) is 6.54. The van der Waals surface area contributed by atoms with Crippen molar-refractivity contribution in [1.82, 2.24) is 4.90 Å². The lowest BCUT2D eigenvalue weighted by Crippen LogP contribution is -2.55. The summed E-state index contributed by atoms with van der Waals surface area (Å²) in [5.41, 5.74) is -0.873. The maximum atomic E-state index is 14.6. The van der Waals surface area contributed by atoms with Crippen LogP contribution in [0.2, 0.25) is 5.02 Å². The van der Waals surface area contributed by atoms with Gasteiger partial charge in [0, 0.05) is 18.2 Å². The van der Waals surface area contributed by atoms with E-state index in [-0.39, 0.29) is 44.7 Å². The van der Waals surface area contributed by atoms with E-state index < -0.39 is 28.9 Å². The van der Waals surface area contributed by atoms with E-state index in [1.54, 1.807) is 12.1 Å². The fourth-order valence-electron chi connectivity index (χ4n) is 5.07. The van der Waals surface area contributed by atoms with Crippen LogP contribution in [-0.4, -0.2) is 39.8 Å². The number of hydrogen-bond donors (Lipinski definition) is 3. The highest BCUT2D eigenvalue weighted by atomic mass is 79.9. The van der Waals surface area contributed by atoms with Crippen molar-refractivity contribution in [2.24, 2.45) is 0 Å². The van der Waals surface area contributed by atoms with Gasteiger partial charge < -0.3 is 15.8 Å². The van der Waals surface area contributed by atoms with Crippen LogP contribution in [0.3, 0.4) is 0 Å². The Hall–Kier alpha value is -2.36. The normalized spacial score (nSPS) is 23.1. The van der Waals surface area contributed by atoms with Crippen molar-refractivity contribution in [1.29, 1.82) is 5.41 Å². The number of allylic oxidation sites excluding steroid dienone is 1. The van der Waals surface area contributed by atoms with Gasteiger partial charge in [-0.05, 0) is 78.8 Å². The maximum Gasteiger partial charge on any atom is 0.260 e. The molecule has 2 atom stereocenters. The number of aliphatic hydroxyl groups is 1. The third-order valence-electron chi connectivity index (χ3n) is 6.88. The minimum atomic E-state index is -0.892. The molecule has 1 saturated heterocycles. The minimum absolute atomic E-state index is 0.0350. The Bertz CT molecular complexity index is 1220. The molecule has 186 valence electrons. The van der Waals surface area contributed by atoms with Gasteiger partial charge in [-0.2, -0.15) is 0 Å². The highest BCUT2D eigenvalue weighted by Gasteiger charge is 2.47. The molecule has 0 aliphatic carbocycles. The molecule has 0 bridgehead atoms. The molecule has 5 nitrogen and oxygen atoms in total. The van der Waals surface area contributed by atoms with Crippen molar-refractivity contribution in [3.05, 3.63) is 74.2 Å². The maximum absolute atomic E-state index is 14.6. The van der Waals surface area contributed by atoms with Crippen molar-refractivity contribution in [3.8, 4) is 0 Å². The lowest BCUT2D eigenvalue weighted by atomic mass is 9.82. The van der Waals surface area contributed by atoms with Crippen LogP contribution in [0.1, 0.15) is 38.2 Å². The smallest absolute Gasteiger partial charge is 0.260 e. The van der Waals surface area contributed by atoms with Gasteiger partial charge in [-0.25, -0.2) is 13.2 Å². The minimum Gasteiger partial charge on any atom is -0.511 e. The number of amides is 1. The zero-order valence-electron chi connectivity index (χ0n) is 18.9. The molecule has 1 fully saturated rings. The molecule has 2 aliphatic rings. The zero-order valence-corrected chi connectivity index (χ0v) is 21.2. The van der Waals surface area contributed by atoms with Gasteiger partial charge in [0.1, 0.15) is 23.2 Å². The molecular formula is C25H24BrClF3N3O2. The topological polar surface area (TPSA) is 76.4 Å². The van der Waals surface area contributed by atoms with Gasteiger partial charge in [0.2, 0.25) is 0 Å². The summed E-state index contributed by atoms with van der Waals surface area (Å²) in [4.78, 5) is 15.2. The molecule has 1 amide bonds. The third kappa shape index (κ3) is 4.86. The van der Waals surface area contributed by atoms with Gasteiger partial charge in [0.25, 0.3) is 5.91 Å². The first-order valence-electron chi connectivity index (χ1n) is 11.2. The summed E-state index contributed by atoms with van der Waals surface area (Å²) in [5.74, 6) is -3.37. The van der Waals surface area contributed by atoms with Crippen molar-refractivity contribution in [3.63, 3.8) is 0 Å². The van der Waals surface area contributed by atoms with Crippen LogP contribution < -0.4 is 5.32 Å². The molecule has 2 aliphatic heterocycles. The molecule has 2 heterocycles. The standard InChI is InChI=1S/C25H24BrClF3N3O2/c1-25-8-3-9-33(25)15(10-13-4-2-5-16(27)22(13)30)6-7-19(34)20(23(25)31)24(35)32-14-11-17(28)21(26)18(29)12-14/h2,4-5,11-12,15,31,34H,3,6-10H2,1H3,(H,32,35)/t15?,25-/m1/s1. The van der Waals surface area contributed by atoms with E-state index in [2.05, 4.69) is 26.1 Å². The average Bonchev–Trinajstić information content (AvgIpc) is 3.19. The quantitative estimate of drug-likeness (QED) is 0.365. The second-order valence-electron chi connectivity index (χ2n) is 9.09. The molecule has 4 rings (SSSR count). The van der Waals surface area contributed by atoms with E-state index in [9.17, 15) is 23.1 Å². The molecule has 0 saturated carbocycles. The molecule has 10 heteroatoms. The first kappa shape index (κ1) is 25.7. The lowest BCUT2D eigenvalue weighted by molar-refractivity contribution is -0.112. The fraction of sp³-hybridized carbons (Fsp3) is 0.360. The van der Waals surface area contributed by atoms with Crippen LogP contribution >= 0.6 is 27.5 Å². The summed E-state index contributed by atoms with van der Waals surface area (Å²) in [6.07, 6.45) is 2.15. The molecule has 0 aromatic heterocycles. The van der Waals surface area contributed by atoms with E-state index in [1.807, 2.05) is 6.92 Å². The molecule has 0 radical (unpaired) electrons. The summed E-state index contributed by atoms with van der Waals surface area (Å²) >= 11 is 8.75. The zero-order chi connectivity index (χ0) is 25.5. The van der Waals surface area contributed by atoms with Crippen molar-refractivity contribution >= 4 is 44.8 Å². The molecule has 35 heavy (non-hydrogen) atoms. The second-order valence-corrected chi connectivity index (χ2v) is 10.3. The summed E-state index contributed by atoms with van der Waals surface area (Å²) in [6.45, 7) is 2.47. The van der Waals surface area contributed by atoms with Crippen molar-refractivity contribution in [2.75, 3.05) is 11.9 Å². The SMILES string of the molecule is C[C@]12CCCN1C(Cc1cccc(Cl)c1F)CCC(O)=C(C(=O)Nc1cc(F)c(Br)c(F)c1)C2=N. The van der Waals surface area contributed by atoms with Gasteiger partial charge in [-0.3, -0.25) is 9.69 Å². The van der Waals surface area contributed by atoms with Crippen molar-refractivity contribution in [2.45, 2.75) is 50.6 Å². The van der Waals surface area contributed by atoms with E-state index in [0.717, 1.165) is 18.6 Å². The van der Waals surface area contributed by atoms with Crippen LogP contribution in [0, 0.1) is 22.9 Å². The third-order valence-corrected chi connectivity index (χ3v) is 7.93. The van der Waals surface area contributed by atoms with E-state index >= 15 is 0 Å². The molecule has 3 N–H and O–H groups in total. The van der Waals surface area contributed by atoms with E-state index in [0.29, 0.717) is 31.4 Å². The van der Waals surface area contributed by atoms with E-state index in [1.165, 1.54) is 6.07 Å². The average molecular weight is 571 g/mol. The Kier molecular flexibility index (Phi) is 7.31. The number of rotatable bonds is 4. The highest BCUT2D eigenvalue weighted by Crippen LogP contribution is 2.39. The fourth-order valence-corrected chi connectivity index (χ4v) is 5.50. The van der Waals surface area contributed by atoms with Gasteiger partial charge in [0.15, 0.2) is 0 Å². The first-order chi connectivity index (χ1) is 16.5. The van der Waals surface area contributed by atoms with Crippen LogP contribution in [0.5, 0.6) is 0 Å².